The summed E-state index contributed by atoms with van der Waals surface area (Å²) in [5.74, 6) is 0.913. The molecule has 1 N–H and O–H groups in total. The normalized spacial score (nSPS) is 17.7. The van der Waals surface area contributed by atoms with Gasteiger partial charge in [-0.25, -0.2) is 13.4 Å². The standard InChI is InChI=1S/C26H35N5O3S/c1-2-12-31-25-11-10-21(35(32,33)30-15-17-34-18-16-30)19-23(25)28-26(31)20-27-22-8-4-5-9-24(22)29-13-6-3-7-14-29/h4-5,8-11,19,27H,2-3,6-7,12-18,20H2,1H3. The van der Waals surface area contributed by atoms with Gasteiger partial charge < -0.3 is 19.5 Å². The van der Waals surface area contributed by atoms with E-state index in [2.05, 4.69) is 46.0 Å². The van der Waals surface area contributed by atoms with Crippen LogP contribution in [0.1, 0.15) is 38.4 Å². The maximum Gasteiger partial charge on any atom is 0.243 e. The van der Waals surface area contributed by atoms with Gasteiger partial charge in [0.05, 0.1) is 47.1 Å². The van der Waals surface area contributed by atoms with Gasteiger partial charge in [0.2, 0.25) is 10.0 Å². The molecule has 0 radical (unpaired) electrons. The van der Waals surface area contributed by atoms with E-state index in [-0.39, 0.29) is 0 Å². The van der Waals surface area contributed by atoms with Crippen LogP contribution < -0.4 is 10.2 Å². The largest absolute Gasteiger partial charge is 0.379 e. The zero-order chi connectivity index (χ0) is 24.3. The van der Waals surface area contributed by atoms with E-state index >= 15 is 0 Å². The Balaban J connectivity index is 1.42. The minimum absolute atomic E-state index is 0.294. The minimum atomic E-state index is -3.56. The van der Waals surface area contributed by atoms with Gasteiger partial charge in [-0.05, 0) is 56.0 Å². The minimum Gasteiger partial charge on any atom is -0.379 e. The molecule has 188 valence electrons. The van der Waals surface area contributed by atoms with Crippen LogP contribution in [-0.2, 0) is 27.8 Å². The van der Waals surface area contributed by atoms with E-state index in [1.807, 2.05) is 6.07 Å². The lowest BCUT2D eigenvalue weighted by Gasteiger charge is -2.30. The monoisotopic (exact) mass is 497 g/mol. The van der Waals surface area contributed by atoms with Crippen LogP contribution in [0.15, 0.2) is 47.4 Å². The molecule has 0 unspecified atom stereocenters. The fraction of sp³-hybridized carbons (Fsp3) is 0.500. The van der Waals surface area contributed by atoms with Crippen molar-refractivity contribution >= 4 is 32.4 Å². The molecule has 0 atom stereocenters. The van der Waals surface area contributed by atoms with Crippen molar-refractivity contribution in [2.45, 2.75) is 50.6 Å². The molecule has 0 aliphatic carbocycles. The number of aromatic nitrogens is 2. The van der Waals surface area contributed by atoms with E-state index in [9.17, 15) is 8.42 Å². The molecule has 1 aromatic heterocycles. The van der Waals surface area contributed by atoms with Crippen LogP contribution in [0, 0.1) is 0 Å². The van der Waals surface area contributed by atoms with Crippen LogP contribution in [0.4, 0.5) is 11.4 Å². The summed E-state index contributed by atoms with van der Waals surface area (Å²) in [6.07, 6.45) is 4.74. The van der Waals surface area contributed by atoms with Crippen LogP contribution in [0.3, 0.4) is 0 Å². The number of nitrogens with zero attached hydrogens (tertiary/aromatic N) is 4. The van der Waals surface area contributed by atoms with Crippen molar-refractivity contribution in [2.24, 2.45) is 0 Å². The van der Waals surface area contributed by atoms with Crippen molar-refractivity contribution in [3.8, 4) is 0 Å². The molecule has 2 aromatic carbocycles. The van der Waals surface area contributed by atoms with E-state index in [1.165, 1.54) is 29.3 Å². The fourth-order valence-electron chi connectivity index (χ4n) is 5.07. The van der Waals surface area contributed by atoms with E-state index in [4.69, 9.17) is 9.72 Å². The fourth-order valence-corrected chi connectivity index (χ4v) is 6.50. The average molecular weight is 498 g/mol. The summed E-state index contributed by atoms with van der Waals surface area (Å²) in [5.41, 5.74) is 4.03. The highest BCUT2D eigenvalue weighted by Crippen LogP contribution is 2.29. The molecule has 2 aliphatic rings. The van der Waals surface area contributed by atoms with Gasteiger partial charge in [-0.3, -0.25) is 0 Å². The number of anilines is 2. The molecule has 0 amide bonds. The summed E-state index contributed by atoms with van der Waals surface area (Å²) in [6.45, 7) is 7.36. The van der Waals surface area contributed by atoms with Gasteiger partial charge >= 0.3 is 0 Å². The van der Waals surface area contributed by atoms with Crippen molar-refractivity contribution in [3.63, 3.8) is 0 Å². The third-order valence-corrected chi connectivity index (χ3v) is 8.79. The van der Waals surface area contributed by atoms with Gasteiger partial charge in [0.25, 0.3) is 0 Å². The summed E-state index contributed by atoms with van der Waals surface area (Å²) in [6, 6.07) is 13.8. The van der Waals surface area contributed by atoms with E-state index in [0.29, 0.717) is 43.3 Å². The first-order valence-corrected chi connectivity index (χ1v) is 14.2. The summed E-state index contributed by atoms with van der Waals surface area (Å²) >= 11 is 0. The molecule has 3 aromatic rings. The summed E-state index contributed by atoms with van der Waals surface area (Å²) < 4.78 is 35.4. The van der Waals surface area contributed by atoms with Gasteiger partial charge in [0.1, 0.15) is 5.82 Å². The smallest absolute Gasteiger partial charge is 0.243 e. The molecule has 0 spiro atoms. The number of hydrogen-bond donors (Lipinski definition) is 1. The molecule has 5 rings (SSSR count). The Morgan fingerprint density at radius 3 is 2.54 bits per heavy atom. The van der Waals surface area contributed by atoms with Gasteiger partial charge in [0.15, 0.2) is 0 Å². The number of benzene rings is 2. The van der Waals surface area contributed by atoms with Crippen LogP contribution in [-0.4, -0.2) is 61.7 Å². The highest BCUT2D eigenvalue weighted by molar-refractivity contribution is 7.89. The van der Waals surface area contributed by atoms with Crippen LogP contribution >= 0.6 is 0 Å². The Morgan fingerprint density at radius 1 is 1.00 bits per heavy atom. The van der Waals surface area contributed by atoms with Crippen LogP contribution in [0.5, 0.6) is 0 Å². The summed E-state index contributed by atoms with van der Waals surface area (Å²) in [7, 11) is -3.56. The van der Waals surface area contributed by atoms with Gasteiger partial charge in [-0.2, -0.15) is 4.31 Å². The molecule has 3 heterocycles. The molecule has 8 nitrogen and oxygen atoms in total. The predicted molar refractivity (Wildman–Crippen MR) is 139 cm³/mol. The number of nitrogens with one attached hydrogen (secondary N) is 1. The van der Waals surface area contributed by atoms with E-state index in [1.54, 1.807) is 12.1 Å². The summed E-state index contributed by atoms with van der Waals surface area (Å²) in [4.78, 5) is 7.64. The third kappa shape index (κ3) is 5.03. The van der Waals surface area contributed by atoms with Crippen molar-refractivity contribution in [1.82, 2.24) is 13.9 Å². The number of fused-ring (bicyclic) bond motifs is 1. The Bertz CT molecular complexity index is 1260. The maximum atomic E-state index is 13.2. The lowest BCUT2D eigenvalue weighted by atomic mass is 10.1. The van der Waals surface area contributed by atoms with Gasteiger partial charge in [0, 0.05) is 32.7 Å². The SMILES string of the molecule is CCCn1c(CNc2ccccc2N2CCCCC2)nc2cc(S(=O)(=O)N3CCOCC3)ccc21. The molecular formula is C26H35N5O3S. The second-order valence-corrected chi connectivity index (χ2v) is 11.2. The maximum absolute atomic E-state index is 13.2. The molecule has 0 saturated carbocycles. The Labute approximate surface area is 207 Å². The first-order chi connectivity index (χ1) is 17.1. The zero-order valence-electron chi connectivity index (χ0n) is 20.4. The second kappa shape index (κ2) is 10.6. The van der Waals surface area contributed by atoms with Crippen molar-refractivity contribution in [1.29, 1.82) is 0 Å². The lowest BCUT2D eigenvalue weighted by Crippen LogP contribution is -2.40. The number of imidazole rings is 1. The molecule has 9 heteroatoms. The number of piperidine rings is 1. The quantitative estimate of drug-likeness (QED) is 0.505. The van der Waals surface area contributed by atoms with Crippen molar-refractivity contribution in [3.05, 3.63) is 48.3 Å². The molecule has 2 fully saturated rings. The van der Waals surface area contributed by atoms with Gasteiger partial charge in [-0.15, -0.1) is 0 Å². The predicted octanol–water partition coefficient (Wildman–Crippen LogP) is 4.07. The number of sulfonamides is 1. The van der Waals surface area contributed by atoms with E-state index in [0.717, 1.165) is 43.1 Å². The number of para-hydroxylation sites is 2. The number of aryl methyl sites for hydroxylation is 1. The number of hydrogen-bond acceptors (Lipinski definition) is 6. The molecule has 35 heavy (non-hydrogen) atoms. The average Bonchev–Trinajstić information content (AvgIpc) is 3.25. The highest BCUT2D eigenvalue weighted by Gasteiger charge is 2.27. The lowest BCUT2D eigenvalue weighted by molar-refractivity contribution is 0.0730. The zero-order valence-corrected chi connectivity index (χ0v) is 21.3. The van der Waals surface area contributed by atoms with Crippen LogP contribution in [0.25, 0.3) is 11.0 Å². The second-order valence-electron chi connectivity index (χ2n) is 9.27. The summed E-state index contributed by atoms with van der Waals surface area (Å²) in [5, 5.41) is 3.62. The Hall–Kier alpha value is -2.62. The first-order valence-electron chi connectivity index (χ1n) is 12.7. The van der Waals surface area contributed by atoms with E-state index < -0.39 is 10.0 Å². The third-order valence-electron chi connectivity index (χ3n) is 6.89. The Morgan fingerprint density at radius 2 is 1.77 bits per heavy atom. The highest BCUT2D eigenvalue weighted by atomic mass is 32.2. The Kier molecular flexibility index (Phi) is 7.27. The topological polar surface area (TPSA) is 79.7 Å². The molecule has 2 saturated heterocycles. The molecular weight excluding hydrogens is 462 g/mol. The molecule has 2 aliphatic heterocycles. The molecule has 0 bridgehead atoms. The van der Waals surface area contributed by atoms with Crippen LogP contribution in [0.2, 0.25) is 0 Å². The number of rotatable bonds is 8. The number of ether oxygens (including phenoxy) is 1. The number of morpholine rings is 1. The van der Waals surface area contributed by atoms with Crippen molar-refractivity contribution < 1.29 is 13.2 Å². The van der Waals surface area contributed by atoms with Crippen molar-refractivity contribution in [2.75, 3.05) is 49.6 Å². The first kappa shape index (κ1) is 24.1. The van der Waals surface area contributed by atoms with Gasteiger partial charge in [-0.1, -0.05) is 19.1 Å².